The smallest absolute Gasteiger partial charge is 0.191 e. The Balaban J connectivity index is 0.00000363. The first-order valence-electron chi connectivity index (χ1n) is 10.5. The number of hydrogen-bond acceptors (Lipinski definition) is 5. The number of aliphatic hydroxyl groups excluding tert-OH is 1. The highest BCUT2D eigenvalue weighted by atomic mass is 127. The summed E-state index contributed by atoms with van der Waals surface area (Å²) >= 11 is 6.20. The van der Waals surface area contributed by atoms with E-state index in [0.29, 0.717) is 16.7 Å². The second kappa shape index (κ2) is 13.0. The molecule has 1 heterocycles. The summed E-state index contributed by atoms with van der Waals surface area (Å²) in [5, 5.41) is 18.0. The van der Waals surface area contributed by atoms with Gasteiger partial charge in [-0.1, -0.05) is 23.7 Å². The first-order valence-corrected chi connectivity index (χ1v) is 10.9. The number of anilines is 1. The Bertz CT molecular complexity index is 899. The number of hydrogen-bond donors (Lipinski definition) is 3. The Labute approximate surface area is 212 Å². The zero-order chi connectivity index (χ0) is 22.2. The number of aliphatic imine (C=N–C) groups is 1. The van der Waals surface area contributed by atoms with Gasteiger partial charge in [-0.15, -0.1) is 24.0 Å². The number of benzene rings is 2. The summed E-state index contributed by atoms with van der Waals surface area (Å²) in [6.45, 7) is 4.70. The normalized spacial score (nSPS) is 16.8. The molecule has 2 unspecified atom stereocenters. The SMILES string of the molecule is CCNC(=NCC(O)c1cccc(OC)c1)NC1CCN(c2cc(Cl)ccc2OC)C1.I. The molecule has 1 aliphatic rings. The Morgan fingerprint density at radius 1 is 1.25 bits per heavy atom. The van der Waals surface area contributed by atoms with E-state index < -0.39 is 6.10 Å². The van der Waals surface area contributed by atoms with Gasteiger partial charge in [-0.25, -0.2) is 0 Å². The van der Waals surface area contributed by atoms with Crippen LogP contribution in [0.15, 0.2) is 47.5 Å². The van der Waals surface area contributed by atoms with Gasteiger partial charge in [0.2, 0.25) is 0 Å². The van der Waals surface area contributed by atoms with Crippen LogP contribution in [0.5, 0.6) is 11.5 Å². The predicted octanol–water partition coefficient (Wildman–Crippen LogP) is 3.84. The van der Waals surface area contributed by atoms with Crippen LogP contribution in [0.25, 0.3) is 0 Å². The van der Waals surface area contributed by atoms with E-state index in [1.54, 1.807) is 14.2 Å². The van der Waals surface area contributed by atoms with Crippen LogP contribution >= 0.6 is 35.6 Å². The molecule has 0 amide bonds. The summed E-state index contributed by atoms with van der Waals surface area (Å²) in [5.41, 5.74) is 1.77. The summed E-state index contributed by atoms with van der Waals surface area (Å²) < 4.78 is 10.7. The van der Waals surface area contributed by atoms with E-state index in [4.69, 9.17) is 21.1 Å². The van der Waals surface area contributed by atoms with Crippen molar-refractivity contribution >= 4 is 47.2 Å². The summed E-state index contributed by atoms with van der Waals surface area (Å²) in [4.78, 5) is 6.85. The summed E-state index contributed by atoms with van der Waals surface area (Å²) in [7, 11) is 3.28. The van der Waals surface area contributed by atoms with Gasteiger partial charge in [-0.2, -0.15) is 0 Å². The zero-order valence-electron chi connectivity index (χ0n) is 18.7. The number of ether oxygens (including phenoxy) is 2. The molecule has 32 heavy (non-hydrogen) atoms. The molecule has 2 aromatic carbocycles. The highest BCUT2D eigenvalue weighted by Gasteiger charge is 2.25. The van der Waals surface area contributed by atoms with Crippen molar-refractivity contribution in [1.29, 1.82) is 0 Å². The molecule has 176 valence electrons. The highest BCUT2D eigenvalue weighted by molar-refractivity contribution is 14.0. The molecule has 0 bridgehead atoms. The van der Waals surface area contributed by atoms with Crippen LogP contribution in [0, 0.1) is 0 Å². The van der Waals surface area contributed by atoms with Crippen molar-refractivity contribution in [2.24, 2.45) is 4.99 Å². The van der Waals surface area contributed by atoms with Crippen molar-refractivity contribution in [1.82, 2.24) is 10.6 Å². The second-order valence-corrected chi connectivity index (χ2v) is 7.84. The van der Waals surface area contributed by atoms with Gasteiger partial charge in [0.15, 0.2) is 5.96 Å². The van der Waals surface area contributed by atoms with Crippen molar-refractivity contribution in [2.75, 3.05) is 45.3 Å². The van der Waals surface area contributed by atoms with E-state index in [9.17, 15) is 5.11 Å². The molecule has 7 nitrogen and oxygen atoms in total. The molecule has 2 aromatic rings. The average Bonchev–Trinajstić information content (AvgIpc) is 3.25. The second-order valence-electron chi connectivity index (χ2n) is 7.40. The maximum Gasteiger partial charge on any atom is 0.191 e. The molecule has 3 N–H and O–H groups in total. The topological polar surface area (TPSA) is 78.4 Å². The number of nitrogens with one attached hydrogen (secondary N) is 2. The first-order chi connectivity index (χ1) is 15.0. The third-order valence-corrected chi connectivity index (χ3v) is 5.49. The van der Waals surface area contributed by atoms with Gasteiger partial charge in [-0.3, -0.25) is 4.99 Å². The summed E-state index contributed by atoms with van der Waals surface area (Å²) in [6.07, 6.45) is 0.250. The standard InChI is InChI=1S/C23H31ClN4O3.HI/c1-4-25-23(26-14-21(29)16-6-5-7-19(12-16)30-2)27-18-10-11-28(15-18)20-13-17(24)8-9-22(20)31-3;/h5-9,12-13,18,21,29H,4,10-11,14-15H2,1-3H3,(H2,25,26,27);1H. The minimum Gasteiger partial charge on any atom is -0.497 e. The summed E-state index contributed by atoms with van der Waals surface area (Å²) in [5.74, 6) is 2.22. The van der Waals surface area contributed by atoms with Gasteiger partial charge in [0.05, 0.1) is 32.6 Å². The molecule has 0 saturated carbocycles. The van der Waals surface area contributed by atoms with Crippen molar-refractivity contribution in [3.05, 3.63) is 53.1 Å². The lowest BCUT2D eigenvalue weighted by Crippen LogP contribution is -2.44. The molecule has 1 fully saturated rings. The fourth-order valence-corrected chi connectivity index (χ4v) is 3.82. The monoisotopic (exact) mass is 574 g/mol. The lowest BCUT2D eigenvalue weighted by atomic mass is 10.1. The predicted molar refractivity (Wildman–Crippen MR) is 141 cm³/mol. The van der Waals surface area contributed by atoms with Gasteiger partial charge in [0.25, 0.3) is 0 Å². The Morgan fingerprint density at radius 2 is 2.06 bits per heavy atom. The number of nitrogens with zero attached hydrogens (tertiary/aromatic N) is 2. The molecule has 9 heteroatoms. The average molecular weight is 575 g/mol. The van der Waals surface area contributed by atoms with E-state index in [2.05, 4.69) is 20.5 Å². The molecule has 0 aromatic heterocycles. The minimum absolute atomic E-state index is 0. The fourth-order valence-electron chi connectivity index (χ4n) is 3.65. The van der Waals surface area contributed by atoms with E-state index in [-0.39, 0.29) is 36.6 Å². The van der Waals surface area contributed by atoms with Crippen LogP contribution in [-0.4, -0.2) is 57.5 Å². The van der Waals surface area contributed by atoms with Crippen LogP contribution in [-0.2, 0) is 0 Å². The van der Waals surface area contributed by atoms with Crippen LogP contribution in [0.2, 0.25) is 5.02 Å². The van der Waals surface area contributed by atoms with Gasteiger partial charge in [-0.05, 0) is 49.2 Å². The molecule has 3 rings (SSSR count). The fraction of sp³-hybridized carbons (Fsp3) is 0.435. The third-order valence-electron chi connectivity index (χ3n) is 5.26. The van der Waals surface area contributed by atoms with Crippen LogP contribution < -0.4 is 25.0 Å². The van der Waals surface area contributed by atoms with Crippen molar-refractivity contribution < 1.29 is 14.6 Å². The van der Waals surface area contributed by atoms with Crippen LogP contribution in [0.3, 0.4) is 0 Å². The van der Waals surface area contributed by atoms with E-state index in [1.807, 2.05) is 49.4 Å². The van der Waals surface area contributed by atoms with Gasteiger partial charge >= 0.3 is 0 Å². The largest absolute Gasteiger partial charge is 0.497 e. The molecule has 1 saturated heterocycles. The highest BCUT2D eigenvalue weighted by Crippen LogP contribution is 2.33. The molecule has 1 aliphatic heterocycles. The summed E-state index contributed by atoms with van der Waals surface area (Å²) in [6, 6.07) is 13.3. The van der Waals surface area contributed by atoms with Gasteiger partial charge < -0.3 is 30.1 Å². The molecule has 0 aliphatic carbocycles. The third kappa shape index (κ3) is 7.05. The van der Waals surface area contributed by atoms with Gasteiger partial charge in [0.1, 0.15) is 11.5 Å². The number of rotatable bonds is 8. The van der Waals surface area contributed by atoms with Crippen molar-refractivity contribution in [3.8, 4) is 11.5 Å². The lowest BCUT2D eigenvalue weighted by Gasteiger charge is -2.22. The maximum atomic E-state index is 10.5. The molecular formula is C23H32ClIN4O3. The maximum absolute atomic E-state index is 10.5. The van der Waals surface area contributed by atoms with Gasteiger partial charge in [0, 0.05) is 30.7 Å². The number of halogens is 2. The first kappa shape index (κ1) is 26.3. The Morgan fingerprint density at radius 3 is 2.78 bits per heavy atom. The number of methoxy groups -OCH3 is 2. The minimum atomic E-state index is -0.707. The van der Waals surface area contributed by atoms with Crippen molar-refractivity contribution in [3.63, 3.8) is 0 Å². The van der Waals surface area contributed by atoms with E-state index in [1.165, 1.54) is 0 Å². The number of aliphatic hydroxyl groups is 1. The Hall–Kier alpha value is -1.91. The zero-order valence-corrected chi connectivity index (χ0v) is 21.8. The molecular weight excluding hydrogens is 543 g/mol. The van der Waals surface area contributed by atoms with Crippen LogP contribution in [0.4, 0.5) is 5.69 Å². The van der Waals surface area contributed by atoms with Crippen molar-refractivity contribution in [2.45, 2.75) is 25.5 Å². The Kier molecular flexibility index (Phi) is 10.7. The van der Waals surface area contributed by atoms with Crippen LogP contribution in [0.1, 0.15) is 25.0 Å². The number of guanidine groups is 1. The van der Waals surface area contributed by atoms with E-state index in [0.717, 1.165) is 43.1 Å². The quantitative estimate of drug-likeness (QED) is 0.253. The molecule has 0 spiro atoms. The molecule has 0 radical (unpaired) electrons. The molecule has 2 atom stereocenters. The lowest BCUT2D eigenvalue weighted by molar-refractivity contribution is 0.186. The van der Waals surface area contributed by atoms with E-state index >= 15 is 0 Å².